The van der Waals surface area contributed by atoms with Crippen LogP contribution in [-0.4, -0.2) is 14.5 Å². The molecule has 5 heteroatoms. The summed E-state index contributed by atoms with van der Waals surface area (Å²) in [5.74, 6) is 0.273. The number of anilines is 1. The number of nitrogen functional groups attached to an aromatic ring is 1. The van der Waals surface area contributed by atoms with Gasteiger partial charge in [0.15, 0.2) is 0 Å². The van der Waals surface area contributed by atoms with Crippen LogP contribution in [-0.2, 0) is 0 Å². The molecule has 0 aliphatic rings. The summed E-state index contributed by atoms with van der Waals surface area (Å²) in [5.41, 5.74) is 8.65. The molecule has 0 bridgehead atoms. The van der Waals surface area contributed by atoms with Crippen molar-refractivity contribution in [3.05, 3.63) is 41.7 Å². The highest BCUT2D eigenvalue weighted by atomic mass is 35.5. The number of hydrogen-bond donors (Lipinski definition) is 1. The molecular weight excluding hydrogens is 272 g/mol. The highest BCUT2D eigenvalue weighted by molar-refractivity contribution is 6.31. The van der Waals surface area contributed by atoms with Gasteiger partial charge in [0, 0.05) is 39.9 Å². The van der Waals surface area contributed by atoms with Crippen molar-refractivity contribution < 1.29 is 0 Å². The molecule has 0 atom stereocenters. The van der Waals surface area contributed by atoms with E-state index >= 15 is 0 Å². The third-order valence-corrected chi connectivity index (χ3v) is 3.54. The van der Waals surface area contributed by atoms with Gasteiger partial charge in [0.05, 0.1) is 5.69 Å². The molecule has 0 radical (unpaired) electrons. The fraction of sp³-hybridized carbons (Fsp3) is 0.200. The largest absolute Gasteiger partial charge is 0.368 e. The predicted octanol–water partition coefficient (Wildman–Crippen LogP) is 3.91. The minimum Gasteiger partial charge on any atom is -0.368 e. The van der Waals surface area contributed by atoms with Crippen LogP contribution < -0.4 is 5.73 Å². The van der Waals surface area contributed by atoms with Gasteiger partial charge in [-0.05, 0) is 38.1 Å². The topological polar surface area (TPSA) is 56.7 Å². The van der Waals surface area contributed by atoms with Crippen LogP contribution in [0.2, 0.25) is 5.02 Å². The molecule has 0 aliphatic carbocycles. The Morgan fingerprint density at radius 1 is 1.25 bits per heavy atom. The average molecular weight is 287 g/mol. The Balaban J connectivity index is 2.32. The predicted molar refractivity (Wildman–Crippen MR) is 82.8 cm³/mol. The summed E-state index contributed by atoms with van der Waals surface area (Å²) in [6.07, 6.45) is 3.76. The number of benzene rings is 1. The number of fused-ring (bicyclic) bond motifs is 1. The maximum absolute atomic E-state index is 6.13. The Hall–Kier alpha value is -2.07. The van der Waals surface area contributed by atoms with Gasteiger partial charge in [-0.1, -0.05) is 11.6 Å². The number of nitrogens with two attached hydrogens (primary N) is 1. The smallest absolute Gasteiger partial charge is 0.220 e. The van der Waals surface area contributed by atoms with E-state index in [0.29, 0.717) is 11.1 Å². The van der Waals surface area contributed by atoms with E-state index in [9.17, 15) is 0 Å². The van der Waals surface area contributed by atoms with Gasteiger partial charge in [0.2, 0.25) is 5.95 Å². The highest BCUT2D eigenvalue weighted by Gasteiger charge is 2.13. The second-order valence-corrected chi connectivity index (χ2v) is 5.44. The van der Waals surface area contributed by atoms with E-state index in [-0.39, 0.29) is 5.95 Å². The van der Waals surface area contributed by atoms with Crippen LogP contribution in [0.3, 0.4) is 0 Å². The van der Waals surface area contributed by atoms with Crippen LogP contribution in [0.1, 0.15) is 19.9 Å². The lowest BCUT2D eigenvalue weighted by molar-refractivity contribution is 0.623. The quantitative estimate of drug-likeness (QED) is 0.777. The first-order valence-electron chi connectivity index (χ1n) is 6.45. The number of halogens is 1. The van der Waals surface area contributed by atoms with Gasteiger partial charge in [-0.3, -0.25) is 0 Å². The van der Waals surface area contributed by atoms with E-state index in [0.717, 1.165) is 22.2 Å². The molecule has 3 aromatic rings. The molecule has 0 saturated heterocycles. The number of rotatable bonds is 2. The first kappa shape index (κ1) is 12.9. The normalized spacial score (nSPS) is 11.4. The van der Waals surface area contributed by atoms with Crippen molar-refractivity contribution in [1.29, 1.82) is 0 Å². The molecule has 0 spiro atoms. The van der Waals surface area contributed by atoms with Crippen molar-refractivity contribution in [2.24, 2.45) is 0 Å². The lowest BCUT2D eigenvalue weighted by atomic mass is 10.1. The van der Waals surface area contributed by atoms with Gasteiger partial charge in [-0.2, -0.15) is 0 Å². The zero-order valence-corrected chi connectivity index (χ0v) is 12.1. The molecular formula is C15H15ClN4. The lowest BCUT2D eigenvalue weighted by Crippen LogP contribution is -1.98. The van der Waals surface area contributed by atoms with Crippen LogP contribution in [0.4, 0.5) is 5.95 Å². The van der Waals surface area contributed by atoms with Crippen LogP contribution in [0.15, 0.2) is 36.7 Å². The van der Waals surface area contributed by atoms with Crippen molar-refractivity contribution in [1.82, 2.24) is 14.5 Å². The number of nitrogens with zero attached hydrogens (tertiary/aromatic N) is 3. The molecule has 0 saturated carbocycles. The first-order valence-corrected chi connectivity index (χ1v) is 6.83. The van der Waals surface area contributed by atoms with E-state index in [1.54, 1.807) is 6.20 Å². The Bertz CT molecular complexity index is 777. The van der Waals surface area contributed by atoms with Crippen molar-refractivity contribution in [2.75, 3.05) is 5.73 Å². The second-order valence-electron chi connectivity index (χ2n) is 5.01. The maximum Gasteiger partial charge on any atom is 0.220 e. The molecule has 0 fully saturated rings. The van der Waals surface area contributed by atoms with E-state index < -0.39 is 0 Å². The first-order chi connectivity index (χ1) is 9.56. The van der Waals surface area contributed by atoms with E-state index in [2.05, 4.69) is 34.6 Å². The van der Waals surface area contributed by atoms with Crippen LogP contribution in [0, 0.1) is 0 Å². The summed E-state index contributed by atoms with van der Waals surface area (Å²) in [6.45, 7) is 4.29. The molecule has 4 nitrogen and oxygen atoms in total. The average Bonchev–Trinajstić information content (AvgIpc) is 2.77. The minimum atomic E-state index is 0.273. The molecule has 1 aromatic carbocycles. The van der Waals surface area contributed by atoms with Crippen molar-refractivity contribution >= 4 is 28.5 Å². The third kappa shape index (κ3) is 2.12. The van der Waals surface area contributed by atoms with Gasteiger partial charge in [0.1, 0.15) is 0 Å². The Labute approximate surface area is 122 Å². The van der Waals surface area contributed by atoms with Crippen LogP contribution in [0.25, 0.3) is 22.2 Å². The van der Waals surface area contributed by atoms with E-state index in [1.807, 2.05) is 24.3 Å². The van der Waals surface area contributed by atoms with Crippen LogP contribution in [0.5, 0.6) is 0 Å². The standard InChI is InChI=1S/C15H15ClN4/c1-9(2)20-8-12(13-5-6-18-15(17)19-13)11-7-10(16)3-4-14(11)20/h3-9H,1-2H3,(H2,17,18,19). The zero-order chi connectivity index (χ0) is 14.3. The van der Waals surface area contributed by atoms with Gasteiger partial charge < -0.3 is 10.3 Å². The SMILES string of the molecule is CC(C)n1cc(-c2ccnc(N)n2)c2cc(Cl)ccc21. The zero-order valence-electron chi connectivity index (χ0n) is 11.3. The number of hydrogen-bond acceptors (Lipinski definition) is 3. The highest BCUT2D eigenvalue weighted by Crippen LogP contribution is 2.33. The van der Waals surface area contributed by atoms with Gasteiger partial charge in [-0.25, -0.2) is 9.97 Å². The van der Waals surface area contributed by atoms with E-state index in [1.165, 1.54) is 0 Å². The fourth-order valence-corrected chi connectivity index (χ4v) is 2.55. The third-order valence-electron chi connectivity index (χ3n) is 3.30. The molecule has 3 rings (SSSR count). The van der Waals surface area contributed by atoms with Gasteiger partial charge in [0.25, 0.3) is 0 Å². The minimum absolute atomic E-state index is 0.273. The molecule has 2 heterocycles. The Morgan fingerprint density at radius 3 is 2.75 bits per heavy atom. The van der Waals surface area contributed by atoms with Crippen LogP contribution >= 0.6 is 11.6 Å². The van der Waals surface area contributed by atoms with Crippen molar-refractivity contribution in [3.8, 4) is 11.3 Å². The molecule has 0 unspecified atom stereocenters. The maximum atomic E-state index is 6.13. The molecule has 0 aliphatic heterocycles. The molecule has 2 N–H and O–H groups in total. The van der Waals surface area contributed by atoms with Gasteiger partial charge >= 0.3 is 0 Å². The number of aromatic nitrogens is 3. The molecule has 0 amide bonds. The molecule has 20 heavy (non-hydrogen) atoms. The van der Waals surface area contributed by atoms with Crippen molar-refractivity contribution in [3.63, 3.8) is 0 Å². The summed E-state index contributed by atoms with van der Waals surface area (Å²) >= 11 is 6.13. The summed E-state index contributed by atoms with van der Waals surface area (Å²) in [7, 11) is 0. The summed E-state index contributed by atoms with van der Waals surface area (Å²) in [4.78, 5) is 8.24. The van der Waals surface area contributed by atoms with E-state index in [4.69, 9.17) is 17.3 Å². The molecule has 102 valence electrons. The second kappa shape index (κ2) is 4.80. The Kier molecular flexibility index (Phi) is 3.10. The molecule has 2 aromatic heterocycles. The fourth-order valence-electron chi connectivity index (χ4n) is 2.38. The van der Waals surface area contributed by atoms with Gasteiger partial charge in [-0.15, -0.1) is 0 Å². The van der Waals surface area contributed by atoms with Crippen molar-refractivity contribution in [2.45, 2.75) is 19.9 Å². The Morgan fingerprint density at radius 2 is 2.05 bits per heavy atom. The lowest BCUT2D eigenvalue weighted by Gasteiger charge is -2.08. The summed E-state index contributed by atoms with van der Waals surface area (Å²) in [5, 5.41) is 1.78. The summed E-state index contributed by atoms with van der Waals surface area (Å²) < 4.78 is 2.21. The monoisotopic (exact) mass is 286 g/mol. The summed E-state index contributed by atoms with van der Waals surface area (Å²) in [6, 6.07) is 8.11.